The molecule has 0 radical (unpaired) electrons. The van der Waals surface area contributed by atoms with Crippen molar-refractivity contribution in [3.63, 3.8) is 0 Å². The first-order valence-electron chi connectivity index (χ1n) is 10.4. The van der Waals surface area contributed by atoms with Crippen LogP contribution in [0.1, 0.15) is 77.3 Å². The quantitative estimate of drug-likeness (QED) is 0.266. The van der Waals surface area contributed by atoms with Crippen LogP contribution < -0.4 is 0 Å². The van der Waals surface area contributed by atoms with E-state index in [9.17, 15) is 9.59 Å². The number of methoxy groups -OCH3 is 1. The predicted molar refractivity (Wildman–Crippen MR) is 116 cm³/mol. The number of ketones is 1. The van der Waals surface area contributed by atoms with Crippen LogP contribution in [0.15, 0.2) is 48.5 Å². The van der Waals surface area contributed by atoms with Gasteiger partial charge >= 0.3 is 5.97 Å². The summed E-state index contributed by atoms with van der Waals surface area (Å²) in [6, 6.07) is 15.5. The fourth-order valence-corrected chi connectivity index (χ4v) is 3.12. The first kappa shape index (κ1) is 22.8. The van der Waals surface area contributed by atoms with Gasteiger partial charge in [-0.25, -0.2) is 4.79 Å². The first-order valence-corrected chi connectivity index (χ1v) is 10.4. The molecule has 0 N–H and O–H groups in total. The van der Waals surface area contributed by atoms with E-state index in [1.54, 1.807) is 12.1 Å². The number of ether oxygens (including phenoxy) is 2. The van der Waals surface area contributed by atoms with E-state index in [0.717, 1.165) is 36.8 Å². The van der Waals surface area contributed by atoms with Gasteiger partial charge in [0.15, 0.2) is 5.78 Å². The highest BCUT2D eigenvalue weighted by molar-refractivity contribution is 5.96. The highest BCUT2D eigenvalue weighted by Gasteiger charge is 2.08. The van der Waals surface area contributed by atoms with Crippen LogP contribution in [0, 0.1) is 0 Å². The van der Waals surface area contributed by atoms with Gasteiger partial charge in [-0.2, -0.15) is 0 Å². The Morgan fingerprint density at radius 1 is 0.897 bits per heavy atom. The van der Waals surface area contributed by atoms with Gasteiger partial charge in [-0.05, 0) is 54.9 Å². The number of carbonyl (C=O) groups is 2. The molecule has 2 aromatic rings. The van der Waals surface area contributed by atoms with Gasteiger partial charge in [0.1, 0.15) is 0 Å². The largest absolute Gasteiger partial charge is 0.465 e. The van der Waals surface area contributed by atoms with E-state index in [2.05, 4.69) is 26.0 Å². The zero-order chi connectivity index (χ0) is 21.1. The normalized spacial score (nSPS) is 11.8. The molecule has 0 saturated heterocycles. The lowest BCUT2D eigenvalue weighted by Crippen LogP contribution is -2.04. The maximum Gasteiger partial charge on any atom is 0.337 e. The van der Waals surface area contributed by atoms with Crippen molar-refractivity contribution < 1.29 is 19.1 Å². The number of carbonyl (C=O) groups excluding carboxylic acids is 2. The Bertz CT molecular complexity index is 762. The lowest BCUT2D eigenvalue weighted by molar-refractivity contribution is 0.0600. The average Bonchev–Trinajstić information content (AvgIpc) is 2.77. The lowest BCUT2D eigenvalue weighted by Gasteiger charge is -2.09. The Kier molecular flexibility index (Phi) is 9.58. The summed E-state index contributed by atoms with van der Waals surface area (Å²) in [5, 5.41) is 0. The van der Waals surface area contributed by atoms with E-state index in [1.807, 2.05) is 24.3 Å². The number of esters is 1. The molecule has 0 aromatic heterocycles. The number of hydrogen-bond donors (Lipinski definition) is 0. The van der Waals surface area contributed by atoms with Gasteiger partial charge in [-0.3, -0.25) is 4.79 Å². The smallest absolute Gasteiger partial charge is 0.337 e. The molecule has 0 amide bonds. The molecule has 2 rings (SSSR count). The first-order chi connectivity index (χ1) is 14.0. The lowest BCUT2D eigenvalue weighted by atomic mass is 9.96. The molecular formula is C25H32O4. The van der Waals surface area contributed by atoms with Gasteiger partial charge in [-0.15, -0.1) is 0 Å². The minimum Gasteiger partial charge on any atom is -0.465 e. The number of rotatable bonds is 12. The molecule has 0 spiro atoms. The third-order valence-electron chi connectivity index (χ3n) is 5.24. The van der Waals surface area contributed by atoms with Gasteiger partial charge in [0.25, 0.3) is 0 Å². The van der Waals surface area contributed by atoms with Crippen LogP contribution in [0.2, 0.25) is 0 Å². The molecule has 156 valence electrons. The highest BCUT2D eigenvalue weighted by atomic mass is 16.5. The van der Waals surface area contributed by atoms with Crippen molar-refractivity contribution in [1.29, 1.82) is 0 Å². The van der Waals surface area contributed by atoms with E-state index < -0.39 is 0 Å². The fourth-order valence-electron chi connectivity index (χ4n) is 3.12. The number of Topliss-reactive ketones (excluding diaryl/α,β-unsaturated/α-hetero) is 1. The maximum absolute atomic E-state index is 12.3. The van der Waals surface area contributed by atoms with Gasteiger partial charge in [-0.1, -0.05) is 50.2 Å². The molecule has 4 nitrogen and oxygen atoms in total. The van der Waals surface area contributed by atoms with Crippen molar-refractivity contribution in [3.8, 4) is 0 Å². The third-order valence-corrected chi connectivity index (χ3v) is 5.24. The standard InChI is InChI=1S/C25H32O4/c1-4-19(2)21-13-15-22(16-14-21)24(26)8-6-18-29-17-5-7-20-9-11-23(12-10-20)25(27)28-3/h9-16,19H,4-8,17-18H2,1-3H3. The minimum absolute atomic E-state index is 0.176. The van der Waals surface area contributed by atoms with E-state index in [1.165, 1.54) is 12.7 Å². The molecular weight excluding hydrogens is 364 g/mol. The van der Waals surface area contributed by atoms with Gasteiger partial charge in [0.2, 0.25) is 0 Å². The molecule has 0 aliphatic rings. The summed E-state index contributed by atoms with van der Waals surface area (Å²) in [5.74, 6) is 0.384. The Labute approximate surface area is 174 Å². The zero-order valence-electron chi connectivity index (χ0n) is 17.8. The average molecular weight is 397 g/mol. The van der Waals surface area contributed by atoms with Crippen molar-refractivity contribution in [2.45, 2.75) is 51.9 Å². The molecule has 29 heavy (non-hydrogen) atoms. The molecule has 0 saturated carbocycles. The van der Waals surface area contributed by atoms with E-state index >= 15 is 0 Å². The summed E-state index contributed by atoms with van der Waals surface area (Å²) in [5.41, 5.74) is 3.80. The van der Waals surface area contributed by atoms with E-state index in [0.29, 0.717) is 31.1 Å². The molecule has 0 heterocycles. The van der Waals surface area contributed by atoms with Crippen molar-refractivity contribution in [3.05, 3.63) is 70.8 Å². The molecule has 0 aliphatic heterocycles. The van der Waals surface area contributed by atoms with Crippen molar-refractivity contribution in [2.75, 3.05) is 20.3 Å². The zero-order valence-corrected chi connectivity index (χ0v) is 17.8. The molecule has 2 aromatic carbocycles. The SMILES string of the molecule is CCC(C)c1ccc(C(=O)CCCOCCCc2ccc(C(=O)OC)cc2)cc1. The Balaban J connectivity index is 1.59. The summed E-state index contributed by atoms with van der Waals surface area (Å²) >= 11 is 0. The Morgan fingerprint density at radius 2 is 1.52 bits per heavy atom. The third kappa shape index (κ3) is 7.47. The highest BCUT2D eigenvalue weighted by Crippen LogP contribution is 2.19. The molecule has 1 unspecified atom stereocenters. The number of benzene rings is 2. The maximum atomic E-state index is 12.3. The van der Waals surface area contributed by atoms with Crippen molar-refractivity contribution >= 4 is 11.8 Å². The topological polar surface area (TPSA) is 52.6 Å². The molecule has 4 heteroatoms. The van der Waals surface area contributed by atoms with Crippen LogP contribution >= 0.6 is 0 Å². The molecule has 0 aliphatic carbocycles. The second-order valence-corrected chi connectivity index (χ2v) is 7.36. The van der Waals surface area contributed by atoms with Gasteiger partial charge in [0.05, 0.1) is 12.7 Å². The second-order valence-electron chi connectivity index (χ2n) is 7.36. The predicted octanol–water partition coefficient (Wildman–Crippen LogP) is 5.60. The summed E-state index contributed by atoms with van der Waals surface area (Å²) in [4.78, 5) is 23.7. The second kappa shape index (κ2) is 12.2. The van der Waals surface area contributed by atoms with Crippen LogP contribution in [-0.4, -0.2) is 32.1 Å². The van der Waals surface area contributed by atoms with Crippen LogP contribution in [0.5, 0.6) is 0 Å². The minimum atomic E-state index is -0.319. The van der Waals surface area contributed by atoms with Crippen LogP contribution in [0.3, 0.4) is 0 Å². The fraction of sp³-hybridized carbons (Fsp3) is 0.440. The monoisotopic (exact) mass is 396 g/mol. The number of hydrogen-bond acceptors (Lipinski definition) is 4. The summed E-state index contributed by atoms with van der Waals surface area (Å²) in [6.45, 7) is 5.63. The van der Waals surface area contributed by atoms with E-state index in [-0.39, 0.29) is 11.8 Å². The molecule has 0 fully saturated rings. The van der Waals surface area contributed by atoms with Crippen LogP contribution in [0.25, 0.3) is 0 Å². The number of aryl methyl sites for hydroxylation is 1. The van der Waals surface area contributed by atoms with Crippen molar-refractivity contribution in [2.24, 2.45) is 0 Å². The Morgan fingerprint density at radius 3 is 2.14 bits per heavy atom. The Hall–Kier alpha value is -2.46. The molecule has 1 atom stereocenters. The van der Waals surface area contributed by atoms with Crippen LogP contribution in [0.4, 0.5) is 0 Å². The van der Waals surface area contributed by atoms with Gasteiger partial charge < -0.3 is 9.47 Å². The van der Waals surface area contributed by atoms with E-state index in [4.69, 9.17) is 9.47 Å². The molecule has 0 bridgehead atoms. The van der Waals surface area contributed by atoms with Crippen molar-refractivity contribution in [1.82, 2.24) is 0 Å². The van der Waals surface area contributed by atoms with Crippen LogP contribution in [-0.2, 0) is 15.9 Å². The van der Waals surface area contributed by atoms with Gasteiger partial charge in [0, 0.05) is 25.2 Å². The summed E-state index contributed by atoms with van der Waals surface area (Å²) in [6.07, 6.45) is 4.15. The summed E-state index contributed by atoms with van der Waals surface area (Å²) in [7, 11) is 1.38. The summed E-state index contributed by atoms with van der Waals surface area (Å²) < 4.78 is 10.4.